The largest absolute Gasteiger partial charge is 0.303 e. The van der Waals surface area contributed by atoms with Crippen LogP contribution in [0.3, 0.4) is 0 Å². The molecule has 1 aliphatic heterocycles. The van der Waals surface area contributed by atoms with E-state index in [0.29, 0.717) is 0 Å². The first kappa shape index (κ1) is 13.5. The maximum absolute atomic E-state index is 4.91. The van der Waals surface area contributed by atoms with Crippen molar-refractivity contribution in [1.82, 2.24) is 9.88 Å². The summed E-state index contributed by atoms with van der Waals surface area (Å²) in [4.78, 5) is 7.54. The first-order valence-corrected chi connectivity index (χ1v) is 9.02. The lowest BCUT2D eigenvalue weighted by Gasteiger charge is -2.26. The fraction of sp³-hybridized carbons (Fsp3) is 0.500. The number of hydrogen-bond donors (Lipinski definition) is 0. The molecule has 0 spiro atoms. The molecule has 0 saturated carbocycles. The third-order valence-electron chi connectivity index (χ3n) is 4.67. The van der Waals surface area contributed by atoms with Gasteiger partial charge in [-0.15, -0.1) is 11.3 Å². The number of aromatic nitrogens is 1. The van der Waals surface area contributed by atoms with E-state index in [0.717, 1.165) is 12.8 Å². The topological polar surface area (TPSA) is 16.1 Å². The van der Waals surface area contributed by atoms with E-state index in [1.54, 1.807) is 0 Å². The first-order chi connectivity index (χ1) is 10.4. The molecule has 0 N–H and O–H groups in total. The molecule has 1 aromatic rings. The molecule has 4 rings (SSSR count). The van der Waals surface area contributed by atoms with Crippen LogP contribution in [-0.4, -0.2) is 29.5 Å². The number of allylic oxidation sites excluding steroid dienone is 4. The molecule has 21 heavy (non-hydrogen) atoms. The van der Waals surface area contributed by atoms with Gasteiger partial charge < -0.3 is 4.90 Å². The zero-order valence-electron chi connectivity index (χ0n) is 12.5. The molecule has 2 nitrogen and oxygen atoms in total. The van der Waals surface area contributed by atoms with Crippen molar-refractivity contribution < 1.29 is 0 Å². The predicted molar refractivity (Wildman–Crippen MR) is 89.7 cm³/mol. The van der Waals surface area contributed by atoms with Gasteiger partial charge in [-0.3, -0.25) is 0 Å². The van der Waals surface area contributed by atoms with Gasteiger partial charge in [0.2, 0.25) is 0 Å². The van der Waals surface area contributed by atoms with Crippen molar-refractivity contribution in [2.45, 2.75) is 38.5 Å². The van der Waals surface area contributed by atoms with Crippen LogP contribution in [0, 0.1) is 0 Å². The third-order valence-corrected chi connectivity index (χ3v) is 5.73. The Labute approximate surface area is 130 Å². The minimum absolute atomic E-state index is 1.05. The Balaban J connectivity index is 1.41. The van der Waals surface area contributed by atoms with Crippen LogP contribution in [0.1, 0.15) is 37.1 Å². The number of rotatable bonds is 4. The highest BCUT2D eigenvalue weighted by Crippen LogP contribution is 2.23. The number of aryl methyl sites for hydroxylation is 1. The van der Waals surface area contributed by atoms with Crippen LogP contribution in [0.15, 0.2) is 23.8 Å². The summed E-state index contributed by atoms with van der Waals surface area (Å²) in [6.07, 6.45) is 16.6. The summed E-state index contributed by atoms with van der Waals surface area (Å²) in [5.74, 6) is 0. The van der Waals surface area contributed by atoms with Crippen LogP contribution in [0.25, 0.3) is 11.6 Å². The number of fused-ring (bicyclic) bond motifs is 2. The Kier molecular flexibility index (Phi) is 3.78. The van der Waals surface area contributed by atoms with Crippen LogP contribution < -0.4 is 9.88 Å². The summed E-state index contributed by atoms with van der Waals surface area (Å²) >= 11 is 1.90. The molecular formula is C18H22N2S. The van der Waals surface area contributed by atoms with Gasteiger partial charge in [-0.2, -0.15) is 0 Å². The first-order valence-electron chi connectivity index (χ1n) is 8.20. The lowest BCUT2D eigenvalue weighted by Crippen LogP contribution is -2.30. The van der Waals surface area contributed by atoms with Crippen molar-refractivity contribution in [2.75, 3.05) is 19.6 Å². The Morgan fingerprint density at radius 2 is 2.10 bits per heavy atom. The Hall–Kier alpha value is -1.19. The minimum atomic E-state index is 1.05. The number of hydrogen-bond acceptors (Lipinski definition) is 3. The standard InChI is InChI=1S/C18H22N2S/c1-4-10-20(11-5-1)12-6-9-17-19-18-15-8-3-2-7-14(15)13-16(18)21-17/h2-3,7,13H,1,4-6,8-12H2. The smallest absolute Gasteiger partial charge is 0.0939 e. The van der Waals surface area contributed by atoms with Gasteiger partial charge in [-0.1, -0.05) is 24.6 Å². The normalized spacial score (nSPS) is 21.0. The molecule has 0 atom stereocenters. The fourth-order valence-electron chi connectivity index (χ4n) is 3.52. The van der Waals surface area contributed by atoms with Crippen molar-refractivity contribution in [3.05, 3.63) is 38.7 Å². The number of thiazole rings is 1. The molecule has 0 amide bonds. The third kappa shape index (κ3) is 2.77. The highest BCUT2D eigenvalue weighted by Gasteiger charge is 2.16. The second-order valence-corrected chi connectivity index (χ2v) is 7.32. The molecule has 2 heterocycles. The molecule has 2 aliphatic carbocycles. The molecule has 1 saturated heterocycles. The fourth-order valence-corrected chi connectivity index (χ4v) is 4.61. The highest BCUT2D eigenvalue weighted by molar-refractivity contribution is 7.09. The Morgan fingerprint density at radius 3 is 3.00 bits per heavy atom. The summed E-state index contributed by atoms with van der Waals surface area (Å²) < 4.78 is 1.38. The lowest BCUT2D eigenvalue weighted by atomic mass is 10.0. The molecule has 110 valence electrons. The summed E-state index contributed by atoms with van der Waals surface area (Å²) in [6.45, 7) is 3.86. The van der Waals surface area contributed by atoms with Gasteiger partial charge >= 0.3 is 0 Å². The van der Waals surface area contributed by atoms with E-state index in [9.17, 15) is 0 Å². The monoisotopic (exact) mass is 298 g/mol. The van der Waals surface area contributed by atoms with Gasteiger partial charge in [0.25, 0.3) is 0 Å². The molecule has 0 bridgehead atoms. The molecular weight excluding hydrogens is 276 g/mol. The second kappa shape index (κ2) is 5.90. The van der Waals surface area contributed by atoms with Crippen molar-refractivity contribution in [2.24, 2.45) is 0 Å². The van der Waals surface area contributed by atoms with Gasteiger partial charge in [0.15, 0.2) is 0 Å². The van der Waals surface area contributed by atoms with E-state index in [-0.39, 0.29) is 0 Å². The van der Waals surface area contributed by atoms with Crippen LogP contribution in [0.5, 0.6) is 0 Å². The van der Waals surface area contributed by atoms with Gasteiger partial charge in [0.05, 0.1) is 14.9 Å². The van der Waals surface area contributed by atoms with Crippen LogP contribution in [0.4, 0.5) is 0 Å². The number of likely N-dealkylation sites (tertiary alicyclic amines) is 1. The summed E-state index contributed by atoms with van der Waals surface area (Å²) in [5, 5.41) is 2.60. The minimum Gasteiger partial charge on any atom is -0.303 e. The molecule has 3 heteroatoms. The Bertz CT molecular complexity index is 702. The zero-order valence-corrected chi connectivity index (χ0v) is 13.3. The molecule has 0 aromatic carbocycles. The Morgan fingerprint density at radius 1 is 1.19 bits per heavy atom. The lowest BCUT2D eigenvalue weighted by molar-refractivity contribution is 0.226. The maximum atomic E-state index is 4.91. The van der Waals surface area contributed by atoms with Crippen LogP contribution in [0.2, 0.25) is 0 Å². The number of nitrogens with zero attached hydrogens (tertiary/aromatic N) is 2. The van der Waals surface area contributed by atoms with E-state index in [4.69, 9.17) is 4.98 Å². The zero-order chi connectivity index (χ0) is 14.1. The SMILES string of the molecule is C1=CCC2=c3nc(CCCN4CCCCC4)sc3=CC2=C1. The van der Waals surface area contributed by atoms with Crippen LogP contribution >= 0.6 is 11.3 Å². The molecule has 1 aromatic heterocycles. The highest BCUT2D eigenvalue weighted by atomic mass is 32.1. The van der Waals surface area contributed by atoms with Crippen molar-refractivity contribution >= 4 is 23.0 Å². The van der Waals surface area contributed by atoms with E-state index >= 15 is 0 Å². The average Bonchev–Trinajstić information content (AvgIpc) is 3.05. The van der Waals surface area contributed by atoms with E-state index < -0.39 is 0 Å². The van der Waals surface area contributed by atoms with Crippen molar-refractivity contribution in [3.63, 3.8) is 0 Å². The van der Waals surface area contributed by atoms with E-state index in [2.05, 4.69) is 29.2 Å². The predicted octanol–water partition coefficient (Wildman–Crippen LogP) is 2.39. The maximum Gasteiger partial charge on any atom is 0.0939 e. The van der Waals surface area contributed by atoms with Gasteiger partial charge in [0, 0.05) is 6.42 Å². The van der Waals surface area contributed by atoms with Crippen LogP contribution in [-0.2, 0) is 6.42 Å². The quantitative estimate of drug-likeness (QED) is 0.848. The molecule has 0 radical (unpaired) electrons. The van der Waals surface area contributed by atoms with E-state index in [1.807, 2.05) is 11.3 Å². The van der Waals surface area contributed by atoms with Crippen molar-refractivity contribution in [1.29, 1.82) is 0 Å². The molecule has 1 fully saturated rings. The summed E-state index contributed by atoms with van der Waals surface area (Å²) in [6, 6.07) is 0. The van der Waals surface area contributed by atoms with Gasteiger partial charge in [-0.05, 0) is 62.5 Å². The molecule has 3 aliphatic rings. The van der Waals surface area contributed by atoms with Gasteiger partial charge in [-0.25, -0.2) is 4.98 Å². The summed E-state index contributed by atoms with van der Waals surface area (Å²) in [7, 11) is 0. The van der Waals surface area contributed by atoms with E-state index in [1.165, 1.54) is 71.4 Å². The number of piperidine rings is 1. The van der Waals surface area contributed by atoms with Gasteiger partial charge in [0.1, 0.15) is 0 Å². The average molecular weight is 298 g/mol. The summed E-state index contributed by atoms with van der Waals surface area (Å²) in [5.41, 5.74) is 2.82. The molecule has 0 unspecified atom stereocenters. The second-order valence-electron chi connectivity index (χ2n) is 6.20. The van der Waals surface area contributed by atoms with Crippen molar-refractivity contribution in [3.8, 4) is 0 Å².